The summed E-state index contributed by atoms with van der Waals surface area (Å²) in [6.07, 6.45) is 5.06. The molecule has 4 nitrogen and oxygen atoms in total. The van der Waals surface area contributed by atoms with Gasteiger partial charge in [0.1, 0.15) is 5.82 Å². The van der Waals surface area contributed by atoms with Crippen molar-refractivity contribution in [1.82, 2.24) is 0 Å². The van der Waals surface area contributed by atoms with Gasteiger partial charge in [0, 0.05) is 32.9 Å². The summed E-state index contributed by atoms with van der Waals surface area (Å²) >= 11 is 13.0. The second-order valence-electron chi connectivity index (χ2n) is 7.97. The van der Waals surface area contributed by atoms with Crippen LogP contribution in [0.2, 0.25) is 10.0 Å². The largest absolute Gasteiger partial charge is 0.378 e. The van der Waals surface area contributed by atoms with Gasteiger partial charge in [0.25, 0.3) is 10.0 Å². The maximum absolute atomic E-state index is 13.2. The first kappa shape index (κ1) is 21.3. The summed E-state index contributed by atoms with van der Waals surface area (Å²) < 4.78 is 41.6. The first-order valence-electron chi connectivity index (χ1n) is 10.1. The Morgan fingerprint density at radius 2 is 1.72 bits per heavy atom. The van der Waals surface area contributed by atoms with E-state index in [0.29, 0.717) is 15.7 Å². The van der Waals surface area contributed by atoms with Gasteiger partial charge in [-0.25, -0.2) is 12.8 Å². The van der Waals surface area contributed by atoms with Gasteiger partial charge in [-0.15, -0.1) is 0 Å². The average molecular weight is 489 g/mol. The fraction of sp³-hybridized carbons (Fsp3) is 0.167. The van der Waals surface area contributed by atoms with Crippen LogP contribution in [0.25, 0.3) is 0 Å². The van der Waals surface area contributed by atoms with Crippen LogP contribution in [-0.2, 0) is 10.0 Å². The lowest BCUT2D eigenvalue weighted by Gasteiger charge is -2.38. The van der Waals surface area contributed by atoms with E-state index in [1.165, 1.54) is 24.3 Å². The first-order valence-corrected chi connectivity index (χ1v) is 12.4. The summed E-state index contributed by atoms with van der Waals surface area (Å²) in [5.74, 6) is -0.243. The number of benzene rings is 3. The number of allylic oxidation sites excluding steroid dienone is 2. The molecule has 0 amide bonds. The van der Waals surface area contributed by atoms with Gasteiger partial charge < -0.3 is 5.32 Å². The number of rotatable bonds is 4. The van der Waals surface area contributed by atoms with Gasteiger partial charge in [-0.3, -0.25) is 4.72 Å². The van der Waals surface area contributed by atoms with Crippen molar-refractivity contribution < 1.29 is 12.8 Å². The fourth-order valence-electron chi connectivity index (χ4n) is 4.57. The molecule has 0 aromatic heterocycles. The second kappa shape index (κ2) is 8.10. The quantitative estimate of drug-likeness (QED) is 0.398. The second-order valence-corrected chi connectivity index (χ2v) is 10.5. The highest BCUT2D eigenvalue weighted by molar-refractivity contribution is 7.92. The summed E-state index contributed by atoms with van der Waals surface area (Å²) in [5.41, 5.74) is 2.91. The predicted molar refractivity (Wildman–Crippen MR) is 126 cm³/mol. The normalized spacial score (nSPS) is 21.5. The number of halogens is 3. The zero-order chi connectivity index (χ0) is 22.5. The van der Waals surface area contributed by atoms with Crippen LogP contribution in [0.15, 0.2) is 77.7 Å². The van der Waals surface area contributed by atoms with Gasteiger partial charge in [0.2, 0.25) is 0 Å². The molecule has 2 N–H and O–H groups in total. The molecular weight excluding hydrogens is 470 g/mol. The van der Waals surface area contributed by atoms with E-state index in [-0.39, 0.29) is 22.8 Å². The minimum atomic E-state index is -3.83. The molecule has 0 bridgehead atoms. The van der Waals surface area contributed by atoms with Crippen LogP contribution < -0.4 is 10.0 Å². The number of anilines is 2. The zero-order valence-corrected chi connectivity index (χ0v) is 19.1. The number of nitrogens with one attached hydrogen (secondary N) is 2. The van der Waals surface area contributed by atoms with Crippen molar-refractivity contribution in [3.05, 3.63) is 99.8 Å². The van der Waals surface area contributed by atoms with E-state index in [2.05, 4.69) is 22.2 Å². The van der Waals surface area contributed by atoms with E-state index in [1.807, 2.05) is 18.2 Å². The summed E-state index contributed by atoms with van der Waals surface area (Å²) in [4.78, 5) is 0.149. The Bertz CT molecular complexity index is 1310. The Morgan fingerprint density at radius 3 is 2.44 bits per heavy atom. The van der Waals surface area contributed by atoms with Crippen molar-refractivity contribution in [2.24, 2.45) is 5.92 Å². The van der Waals surface area contributed by atoms with E-state index >= 15 is 0 Å². The van der Waals surface area contributed by atoms with E-state index in [1.54, 1.807) is 18.2 Å². The molecule has 0 radical (unpaired) electrons. The third-order valence-electron chi connectivity index (χ3n) is 6.05. The Hall–Kier alpha value is -2.54. The van der Waals surface area contributed by atoms with E-state index in [0.717, 1.165) is 23.2 Å². The van der Waals surface area contributed by atoms with Crippen molar-refractivity contribution in [3.8, 4) is 0 Å². The van der Waals surface area contributed by atoms with Gasteiger partial charge in [-0.2, -0.15) is 0 Å². The number of sulfonamides is 1. The molecule has 0 unspecified atom stereocenters. The van der Waals surface area contributed by atoms with Crippen molar-refractivity contribution >= 4 is 44.6 Å². The number of fused-ring (bicyclic) bond motifs is 3. The van der Waals surface area contributed by atoms with Gasteiger partial charge in [-0.05, 0) is 72.5 Å². The van der Waals surface area contributed by atoms with Crippen molar-refractivity contribution in [2.75, 3.05) is 10.0 Å². The molecule has 1 heterocycles. The molecule has 5 rings (SSSR count). The molecule has 0 spiro atoms. The molecule has 0 fully saturated rings. The summed E-state index contributed by atoms with van der Waals surface area (Å²) in [7, 11) is -3.83. The lowest BCUT2D eigenvalue weighted by Crippen LogP contribution is -2.29. The molecular formula is C24H19Cl2FN2O2S. The third-order valence-corrected chi connectivity index (χ3v) is 8.09. The van der Waals surface area contributed by atoms with Crippen LogP contribution in [0.1, 0.15) is 29.5 Å². The van der Waals surface area contributed by atoms with E-state index in [4.69, 9.17) is 23.2 Å². The average Bonchev–Trinajstić information content (AvgIpc) is 3.25. The highest BCUT2D eigenvalue weighted by Crippen LogP contribution is 2.52. The van der Waals surface area contributed by atoms with Crippen LogP contribution in [0.4, 0.5) is 15.8 Å². The molecule has 1 aliphatic heterocycles. The van der Waals surface area contributed by atoms with Crippen LogP contribution in [0.3, 0.4) is 0 Å². The van der Waals surface area contributed by atoms with Gasteiger partial charge >= 0.3 is 0 Å². The van der Waals surface area contributed by atoms with Gasteiger partial charge in [-0.1, -0.05) is 41.4 Å². The monoisotopic (exact) mass is 488 g/mol. The SMILES string of the molecule is O=S(=O)(Nc1ccc(F)cc1)c1ccc2c(c1)[C@H]1C=CC[C@H]1[C@@H](c1c(Cl)cccc1Cl)N2. The first-order chi connectivity index (χ1) is 15.3. The van der Waals surface area contributed by atoms with Crippen LogP contribution in [-0.4, -0.2) is 8.42 Å². The summed E-state index contributed by atoms with van der Waals surface area (Å²) in [6.45, 7) is 0. The smallest absolute Gasteiger partial charge is 0.261 e. The Morgan fingerprint density at radius 1 is 1.00 bits per heavy atom. The highest BCUT2D eigenvalue weighted by Gasteiger charge is 2.40. The Balaban J connectivity index is 1.51. The Kier molecular flexibility index (Phi) is 5.40. The zero-order valence-electron chi connectivity index (χ0n) is 16.7. The maximum atomic E-state index is 13.2. The summed E-state index contributed by atoms with van der Waals surface area (Å²) in [6, 6.07) is 15.6. The molecule has 1 aliphatic carbocycles. The number of hydrogen-bond donors (Lipinski definition) is 2. The highest BCUT2D eigenvalue weighted by atomic mass is 35.5. The lowest BCUT2D eigenvalue weighted by molar-refractivity contribution is 0.425. The number of hydrogen-bond acceptors (Lipinski definition) is 3. The minimum absolute atomic E-state index is 0.0320. The van der Waals surface area contributed by atoms with Crippen LogP contribution >= 0.6 is 23.2 Å². The van der Waals surface area contributed by atoms with Crippen molar-refractivity contribution in [2.45, 2.75) is 23.3 Å². The molecule has 3 aromatic rings. The van der Waals surface area contributed by atoms with Crippen molar-refractivity contribution in [1.29, 1.82) is 0 Å². The van der Waals surface area contributed by atoms with E-state index in [9.17, 15) is 12.8 Å². The molecule has 2 aliphatic rings. The molecule has 3 atom stereocenters. The third kappa shape index (κ3) is 3.76. The predicted octanol–water partition coefficient (Wildman–Crippen LogP) is 6.76. The van der Waals surface area contributed by atoms with E-state index < -0.39 is 15.8 Å². The molecule has 0 saturated heterocycles. The Labute approximate surface area is 196 Å². The molecule has 164 valence electrons. The van der Waals surface area contributed by atoms with Crippen molar-refractivity contribution in [3.63, 3.8) is 0 Å². The maximum Gasteiger partial charge on any atom is 0.261 e. The minimum Gasteiger partial charge on any atom is -0.378 e. The molecule has 0 saturated carbocycles. The lowest BCUT2D eigenvalue weighted by atomic mass is 9.77. The summed E-state index contributed by atoms with van der Waals surface area (Å²) in [5, 5.41) is 4.74. The van der Waals surface area contributed by atoms with Gasteiger partial charge in [0.15, 0.2) is 0 Å². The molecule has 32 heavy (non-hydrogen) atoms. The standard InChI is InChI=1S/C24H19Cl2FN2O2S/c25-20-5-2-6-21(26)23(20)24-18-4-1-3-17(18)19-13-16(11-12-22(19)28-24)32(30,31)29-15-9-7-14(27)8-10-15/h1-3,5-13,17-18,24,28-29H,4H2/t17-,18+,24-/m0/s1. The fourth-order valence-corrected chi connectivity index (χ4v) is 6.29. The van der Waals surface area contributed by atoms with Gasteiger partial charge in [0.05, 0.1) is 10.9 Å². The van der Waals surface area contributed by atoms with Crippen LogP contribution in [0, 0.1) is 11.7 Å². The topological polar surface area (TPSA) is 58.2 Å². The van der Waals surface area contributed by atoms with Crippen LogP contribution in [0.5, 0.6) is 0 Å². The molecule has 8 heteroatoms. The molecule has 3 aromatic carbocycles.